The van der Waals surface area contributed by atoms with Gasteiger partial charge in [-0.15, -0.1) is 0 Å². The number of benzene rings is 1. The summed E-state index contributed by atoms with van der Waals surface area (Å²) in [5.41, 5.74) is 0.0231. The Morgan fingerprint density at radius 2 is 2.12 bits per heavy atom. The van der Waals surface area contributed by atoms with E-state index in [1.165, 1.54) is 4.90 Å². The second kappa shape index (κ2) is 6.23. The lowest BCUT2D eigenvalue weighted by molar-refractivity contribution is -0.120. The molecular weight excluding hydrogens is 322 g/mol. The van der Waals surface area contributed by atoms with Crippen LogP contribution >= 0.6 is 0 Å². The molecule has 1 aliphatic heterocycles. The predicted molar refractivity (Wildman–Crippen MR) is 93.8 cm³/mol. The second-order valence-corrected chi connectivity index (χ2v) is 6.92. The lowest BCUT2D eigenvalue weighted by Gasteiger charge is -2.24. The number of carbonyl (C=O) groups is 2. The van der Waals surface area contributed by atoms with Gasteiger partial charge in [-0.25, -0.2) is 4.79 Å². The van der Waals surface area contributed by atoms with E-state index in [1.807, 2.05) is 12.1 Å². The standard InChI is InChI=1S/C18H21N3O4/c1-18(2,3)25-17(23)20-13-10-24-14-6-5-11-9-19-8-7-12(11)15(14)21(4)16(13)22/h5-9,13H,10H2,1-4H3,(H,20,23)/t13-/m0/s1. The van der Waals surface area contributed by atoms with E-state index in [-0.39, 0.29) is 12.5 Å². The number of aromatic nitrogens is 1. The molecule has 132 valence electrons. The zero-order chi connectivity index (χ0) is 18.2. The van der Waals surface area contributed by atoms with E-state index in [2.05, 4.69) is 10.3 Å². The highest BCUT2D eigenvalue weighted by atomic mass is 16.6. The molecule has 2 amide bonds. The topological polar surface area (TPSA) is 80.8 Å². The number of hydrogen-bond acceptors (Lipinski definition) is 5. The summed E-state index contributed by atoms with van der Waals surface area (Å²) in [6.45, 7) is 5.33. The zero-order valence-corrected chi connectivity index (χ0v) is 14.7. The van der Waals surface area contributed by atoms with Crippen molar-refractivity contribution in [2.24, 2.45) is 0 Å². The molecule has 25 heavy (non-hydrogen) atoms. The summed E-state index contributed by atoms with van der Waals surface area (Å²) in [6.07, 6.45) is 2.75. The maximum Gasteiger partial charge on any atom is 0.408 e. The molecule has 7 heteroatoms. The third-order valence-corrected chi connectivity index (χ3v) is 3.82. The minimum atomic E-state index is -0.830. The van der Waals surface area contributed by atoms with Crippen LogP contribution in [0, 0.1) is 0 Å². The van der Waals surface area contributed by atoms with Crippen molar-refractivity contribution in [3.8, 4) is 5.75 Å². The normalized spacial score (nSPS) is 17.5. The summed E-state index contributed by atoms with van der Waals surface area (Å²) >= 11 is 0. The van der Waals surface area contributed by atoms with Crippen molar-refractivity contribution in [3.63, 3.8) is 0 Å². The molecule has 7 nitrogen and oxygen atoms in total. The van der Waals surface area contributed by atoms with Crippen LogP contribution in [0.25, 0.3) is 10.8 Å². The number of pyridine rings is 1. The minimum Gasteiger partial charge on any atom is -0.489 e. The van der Waals surface area contributed by atoms with Crippen molar-refractivity contribution in [1.82, 2.24) is 10.3 Å². The molecule has 0 saturated carbocycles. The predicted octanol–water partition coefficient (Wildman–Crippen LogP) is 2.48. The second-order valence-electron chi connectivity index (χ2n) is 6.92. The summed E-state index contributed by atoms with van der Waals surface area (Å²) in [5.74, 6) is 0.317. The number of hydrogen-bond donors (Lipinski definition) is 1. The Kier molecular flexibility index (Phi) is 4.24. The molecule has 0 spiro atoms. The number of ether oxygens (including phenoxy) is 2. The number of amides is 2. The summed E-state index contributed by atoms with van der Waals surface area (Å²) in [5, 5.41) is 4.36. The van der Waals surface area contributed by atoms with Crippen LogP contribution < -0.4 is 15.0 Å². The Bertz CT molecular complexity index is 829. The highest BCUT2D eigenvalue weighted by Crippen LogP contribution is 2.37. The number of nitrogens with zero attached hydrogens (tertiary/aromatic N) is 2. The van der Waals surface area contributed by atoms with Gasteiger partial charge in [-0.1, -0.05) is 0 Å². The molecule has 1 aromatic heterocycles. The number of rotatable bonds is 1. The molecule has 1 N–H and O–H groups in total. The van der Waals surface area contributed by atoms with Crippen LogP contribution in [0.2, 0.25) is 0 Å². The van der Waals surface area contributed by atoms with Gasteiger partial charge in [-0.3, -0.25) is 9.78 Å². The Morgan fingerprint density at radius 3 is 2.84 bits per heavy atom. The van der Waals surface area contributed by atoms with Gasteiger partial charge in [0.25, 0.3) is 5.91 Å². The van der Waals surface area contributed by atoms with Crippen LogP contribution in [0.1, 0.15) is 20.8 Å². The van der Waals surface area contributed by atoms with E-state index in [0.29, 0.717) is 11.4 Å². The zero-order valence-electron chi connectivity index (χ0n) is 14.7. The number of alkyl carbamates (subject to hydrolysis) is 1. The van der Waals surface area contributed by atoms with Crippen LogP contribution in [-0.4, -0.2) is 42.3 Å². The van der Waals surface area contributed by atoms with Gasteiger partial charge in [0.15, 0.2) is 0 Å². The molecule has 2 heterocycles. The lowest BCUT2D eigenvalue weighted by atomic mass is 10.1. The fourth-order valence-corrected chi connectivity index (χ4v) is 2.74. The molecule has 0 unspecified atom stereocenters. The van der Waals surface area contributed by atoms with Gasteiger partial charge in [0.1, 0.15) is 24.0 Å². The van der Waals surface area contributed by atoms with Crippen molar-refractivity contribution in [3.05, 3.63) is 30.6 Å². The van der Waals surface area contributed by atoms with Crippen molar-refractivity contribution < 1.29 is 19.1 Å². The molecule has 0 fully saturated rings. The Labute approximate surface area is 145 Å². The summed E-state index contributed by atoms with van der Waals surface area (Å²) in [7, 11) is 1.67. The Balaban J connectivity index is 1.89. The molecule has 0 aliphatic carbocycles. The average Bonchev–Trinajstić information content (AvgIpc) is 2.65. The first-order valence-electron chi connectivity index (χ1n) is 8.03. The highest BCUT2D eigenvalue weighted by Gasteiger charge is 2.32. The maximum absolute atomic E-state index is 12.8. The molecule has 0 saturated heterocycles. The van der Waals surface area contributed by atoms with Crippen LogP contribution in [0.15, 0.2) is 30.6 Å². The van der Waals surface area contributed by atoms with Crippen molar-refractivity contribution in [2.45, 2.75) is 32.4 Å². The molecular formula is C18H21N3O4. The van der Waals surface area contributed by atoms with Gasteiger partial charge >= 0.3 is 6.09 Å². The summed E-state index contributed by atoms with van der Waals surface area (Å²) in [6, 6.07) is 4.70. The third-order valence-electron chi connectivity index (χ3n) is 3.82. The van der Waals surface area contributed by atoms with E-state index >= 15 is 0 Å². The minimum absolute atomic E-state index is 0.0337. The molecule has 2 aromatic rings. The maximum atomic E-state index is 12.8. The van der Waals surface area contributed by atoms with E-state index in [9.17, 15) is 9.59 Å². The number of fused-ring (bicyclic) bond motifs is 3. The largest absolute Gasteiger partial charge is 0.489 e. The van der Waals surface area contributed by atoms with Gasteiger partial charge in [-0.05, 0) is 39.0 Å². The van der Waals surface area contributed by atoms with Gasteiger partial charge in [-0.2, -0.15) is 0 Å². The first-order chi connectivity index (χ1) is 11.8. The molecule has 0 radical (unpaired) electrons. The van der Waals surface area contributed by atoms with Crippen molar-refractivity contribution >= 4 is 28.5 Å². The smallest absolute Gasteiger partial charge is 0.408 e. The van der Waals surface area contributed by atoms with Crippen molar-refractivity contribution in [2.75, 3.05) is 18.6 Å². The summed E-state index contributed by atoms with van der Waals surface area (Å²) in [4.78, 5) is 30.4. The van der Waals surface area contributed by atoms with Gasteiger partial charge in [0.05, 0.1) is 5.69 Å². The van der Waals surface area contributed by atoms with Crippen LogP contribution in [0.3, 0.4) is 0 Å². The van der Waals surface area contributed by atoms with Gasteiger partial charge < -0.3 is 19.7 Å². The number of likely N-dealkylation sites (N-methyl/N-ethyl adjacent to an activating group) is 1. The molecule has 3 rings (SSSR count). The SMILES string of the molecule is CN1C(=O)[C@@H](NC(=O)OC(C)(C)C)COc2ccc3cnccc3c21. The first kappa shape index (κ1) is 17.0. The average molecular weight is 343 g/mol. The van der Waals surface area contributed by atoms with E-state index in [1.54, 1.807) is 46.3 Å². The fourth-order valence-electron chi connectivity index (χ4n) is 2.74. The number of nitrogens with one attached hydrogen (secondary N) is 1. The van der Waals surface area contributed by atoms with E-state index < -0.39 is 17.7 Å². The lowest BCUT2D eigenvalue weighted by Crippen LogP contribution is -2.50. The van der Waals surface area contributed by atoms with E-state index in [4.69, 9.17) is 9.47 Å². The van der Waals surface area contributed by atoms with Gasteiger partial charge in [0.2, 0.25) is 0 Å². The fraction of sp³-hybridized carbons (Fsp3) is 0.389. The van der Waals surface area contributed by atoms with Crippen LogP contribution in [-0.2, 0) is 9.53 Å². The van der Waals surface area contributed by atoms with Crippen LogP contribution in [0.4, 0.5) is 10.5 Å². The number of carbonyl (C=O) groups excluding carboxylic acids is 2. The van der Waals surface area contributed by atoms with E-state index in [0.717, 1.165) is 10.8 Å². The molecule has 1 atom stereocenters. The summed E-state index contributed by atoms with van der Waals surface area (Å²) < 4.78 is 11.0. The van der Waals surface area contributed by atoms with Gasteiger partial charge in [0, 0.05) is 30.2 Å². The Morgan fingerprint density at radius 1 is 1.36 bits per heavy atom. The highest BCUT2D eigenvalue weighted by molar-refractivity contribution is 6.08. The number of anilines is 1. The van der Waals surface area contributed by atoms with Crippen LogP contribution in [0.5, 0.6) is 5.75 Å². The third kappa shape index (κ3) is 3.50. The molecule has 0 bridgehead atoms. The first-order valence-corrected chi connectivity index (χ1v) is 8.03. The monoisotopic (exact) mass is 343 g/mol. The van der Waals surface area contributed by atoms with Crippen molar-refractivity contribution in [1.29, 1.82) is 0 Å². The Hall–Kier alpha value is -2.83. The quantitative estimate of drug-likeness (QED) is 0.860. The molecule has 1 aromatic carbocycles. The molecule has 1 aliphatic rings.